The molecule has 1 heterocycles. The van der Waals surface area contributed by atoms with Gasteiger partial charge in [0.2, 0.25) is 41.4 Å². The smallest absolute Gasteiger partial charge is 0.243 e. The van der Waals surface area contributed by atoms with Gasteiger partial charge in [-0.05, 0) is 110 Å². The summed E-state index contributed by atoms with van der Waals surface area (Å²) in [5.41, 5.74) is 40.8. The third-order valence-corrected chi connectivity index (χ3v) is 15.5. The van der Waals surface area contributed by atoms with Crippen molar-refractivity contribution in [3.05, 3.63) is 114 Å². The first kappa shape index (κ1) is 70.5. The lowest BCUT2D eigenvalue weighted by Gasteiger charge is -2.30. The Morgan fingerprint density at radius 1 is 0.584 bits per heavy atom. The SMILES string of the molecule is CC(C)C[C@H](CC(=O)[C@H](Cc1cccc2ccccc12)NC(=O)[C@@H](CC(=O)CCN)Cc1ccc(O)cc1)C(=O)N[C@@H](Cc1ccccc1)C(=O)C[C@@H](CCCN=C(N)N)C(=O)N1CCC[C@H]1C(=O)N[C@@H](CCCN=C(N)N)C(=O)N[C@@H](CC(N)=O)C(N)=O. The van der Waals surface area contributed by atoms with Crippen molar-refractivity contribution in [2.75, 3.05) is 26.2 Å². The van der Waals surface area contributed by atoms with Crippen molar-refractivity contribution < 1.29 is 53.1 Å². The van der Waals surface area contributed by atoms with Crippen molar-refractivity contribution >= 4 is 81.4 Å². The molecule has 7 amide bonds. The van der Waals surface area contributed by atoms with E-state index in [2.05, 4.69) is 31.3 Å². The maximum absolute atomic E-state index is 15.1. The number of fused-ring (bicyclic) bond motifs is 1. The van der Waals surface area contributed by atoms with E-state index in [1.54, 1.807) is 42.5 Å². The van der Waals surface area contributed by atoms with E-state index < -0.39 is 114 Å². The minimum absolute atomic E-state index is 0.00877. The van der Waals surface area contributed by atoms with Crippen LogP contribution in [0.1, 0.15) is 108 Å². The third kappa shape index (κ3) is 23.4. The fourth-order valence-electron chi connectivity index (χ4n) is 11.1. The van der Waals surface area contributed by atoms with E-state index in [1.807, 2.05) is 56.3 Å². The van der Waals surface area contributed by atoms with Gasteiger partial charge in [-0.2, -0.15) is 0 Å². The minimum Gasteiger partial charge on any atom is -0.508 e. The molecule has 5 rings (SSSR count). The predicted molar refractivity (Wildman–Crippen MR) is 337 cm³/mol. The molecule has 19 N–H and O–H groups in total. The molecule has 1 saturated heterocycles. The average molecular weight is 1230 g/mol. The zero-order valence-electron chi connectivity index (χ0n) is 50.8. The van der Waals surface area contributed by atoms with E-state index in [4.69, 9.17) is 40.1 Å². The number of carbonyl (C=O) groups is 10. The van der Waals surface area contributed by atoms with Gasteiger partial charge in [0.1, 0.15) is 29.7 Å². The highest BCUT2D eigenvalue weighted by molar-refractivity contribution is 5.99. The summed E-state index contributed by atoms with van der Waals surface area (Å²) in [4.78, 5) is 149. The monoisotopic (exact) mass is 1230 g/mol. The average Bonchev–Trinajstić information content (AvgIpc) is 2.03. The van der Waals surface area contributed by atoms with E-state index in [0.29, 0.717) is 17.5 Å². The van der Waals surface area contributed by atoms with Crippen LogP contribution >= 0.6 is 0 Å². The number of nitrogens with one attached hydrogen (secondary N) is 4. The molecule has 8 atom stereocenters. The number of primary amides is 2. The zero-order valence-corrected chi connectivity index (χ0v) is 50.8. The van der Waals surface area contributed by atoms with Crippen molar-refractivity contribution in [2.24, 2.45) is 73.8 Å². The van der Waals surface area contributed by atoms with Crippen molar-refractivity contribution in [1.29, 1.82) is 0 Å². The summed E-state index contributed by atoms with van der Waals surface area (Å²) in [6, 6.07) is 22.0. The number of aromatic hydroxyl groups is 1. The number of rotatable bonds is 38. The van der Waals surface area contributed by atoms with Crippen LogP contribution in [0.3, 0.4) is 0 Å². The first-order valence-corrected chi connectivity index (χ1v) is 30.2. The standard InChI is InChI=1S/C64H88N14O11/c1-38(2)30-44(36-55(82)51(34-42-16-8-15-41-14-6-7-18-48(41)42)76-59(86)45(33-47(80)25-26-65)31-40-21-23-46(79)24-22-40)58(85)75-50(32-39-12-4-3-5-13-39)54(81)35-43(17-9-27-72-63(68)69)62(89)78-29-11-20-53(78)61(88)74-49(19-10-28-73-64(70)71)60(87)77-52(57(67)84)37-56(66)83/h3-8,12-16,18,21-24,38,43-45,49-53,79H,9-11,17,19-20,25-37,65H2,1-2H3,(H2,66,83)(H2,67,84)(H,74,88)(H,75,85)(H,76,86)(H,77,87)(H4,68,69,72)(H4,70,71,73)/t43-,44-,45-,49+,50+,51+,52+,53+/m1/s1. The van der Waals surface area contributed by atoms with Gasteiger partial charge in [0.25, 0.3) is 0 Å². The third-order valence-electron chi connectivity index (χ3n) is 15.5. The second kappa shape index (κ2) is 35.5. The summed E-state index contributed by atoms with van der Waals surface area (Å²) in [6.45, 7) is 4.10. The lowest BCUT2D eigenvalue weighted by Crippen LogP contribution is -2.56. The number of nitrogens with two attached hydrogens (primary N) is 7. The van der Waals surface area contributed by atoms with Crippen LogP contribution in [-0.2, 0) is 67.2 Å². The van der Waals surface area contributed by atoms with Crippen LogP contribution < -0.4 is 61.4 Å². The number of carbonyl (C=O) groups excluding carboxylic acids is 10. The summed E-state index contributed by atoms with van der Waals surface area (Å²) in [5.74, 6) is -10.1. The first-order valence-electron chi connectivity index (χ1n) is 30.2. The molecule has 89 heavy (non-hydrogen) atoms. The molecular weight excluding hydrogens is 1140 g/mol. The van der Waals surface area contributed by atoms with E-state index >= 15 is 14.4 Å². The Kier molecular flexibility index (Phi) is 28.1. The van der Waals surface area contributed by atoms with Gasteiger partial charge in [-0.25, -0.2) is 0 Å². The van der Waals surface area contributed by atoms with Crippen molar-refractivity contribution in [3.8, 4) is 5.75 Å². The van der Waals surface area contributed by atoms with Gasteiger partial charge in [0.05, 0.1) is 18.5 Å². The molecule has 4 aromatic carbocycles. The van der Waals surface area contributed by atoms with Crippen LogP contribution in [0.15, 0.2) is 107 Å². The van der Waals surface area contributed by atoms with Gasteiger partial charge in [0.15, 0.2) is 23.5 Å². The second-order valence-electron chi connectivity index (χ2n) is 23.2. The Morgan fingerprint density at radius 3 is 1.78 bits per heavy atom. The van der Waals surface area contributed by atoms with E-state index in [0.717, 1.165) is 16.3 Å². The molecule has 4 aromatic rings. The first-order chi connectivity index (χ1) is 42.4. The molecule has 25 heteroatoms. The van der Waals surface area contributed by atoms with Gasteiger partial charge < -0.3 is 71.4 Å². The molecular formula is C64H88N14O11. The van der Waals surface area contributed by atoms with Gasteiger partial charge in [-0.1, -0.05) is 98.8 Å². The van der Waals surface area contributed by atoms with Gasteiger partial charge in [-0.15, -0.1) is 0 Å². The highest BCUT2D eigenvalue weighted by Gasteiger charge is 2.41. The lowest BCUT2D eigenvalue weighted by atomic mass is 9.86. The molecule has 0 aromatic heterocycles. The van der Waals surface area contributed by atoms with Gasteiger partial charge >= 0.3 is 0 Å². The fourth-order valence-corrected chi connectivity index (χ4v) is 11.1. The lowest BCUT2D eigenvalue weighted by molar-refractivity contribution is -0.144. The van der Waals surface area contributed by atoms with E-state index in [1.165, 1.54) is 17.0 Å². The van der Waals surface area contributed by atoms with Crippen LogP contribution in [0, 0.1) is 23.7 Å². The summed E-state index contributed by atoms with van der Waals surface area (Å²) >= 11 is 0. The Morgan fingerprint density at radius 2 is 1.16 bits per heavy atom. The summed E-state index contributed by atoms with van der Waals surface area (Å²) in [5, 5.41) is 22.8. The van der Waals surface area contributed by atoms with Crippen LogP contribution in [-0.4, -0.2) is 137 Å². The maximum atomic E-state index is 15.1. The largest absolute Gasteiger partial charge is 0.508 e. The quantitative estimate of drug-likeness (QED) is 0.0170. The molecule has 25 nitrogen and oxygen atoms in total. The molecule has 0 unspecified atom stereocenters. The van der Waals surface area contributed by atoms with Gasteiger partial charge in [-0.3, -0.25) is 57.9 Å². The predicted octanol–water partition coefficient (Wildman–Crippen LogP) is 1.09. The number of aliphatic imine (C=N–C) groups is 2. The topological polar surface area (TPSA) is 449 Å². The van der Waals surface area contributed by atoms with E-state index in [9.17, 15) is 38.7 Å². The normalized spacial score (nSPS) is 15.2. The molecule has 0 radical (unpaired) electrons. The molecule has 0 aliphatic carbocycles. The van der Waals surface area contributed by atoms with E-state index in [-0.39, 0.29) is 133 Å². The number of Topliss-reactive ketones (excluding diaryl/α,β-unsaturated/α-hetero) is 3. The molecule has 0 bridgehead atoms. The fraction of sp³-hybridized carbons (Fsp3) is 0.469. The molecule has 1 aliphatic heterocycles. The molecule has 0 saturated carbocycles. The molecule has 1 aliphatic rings. The Hall–Kier alpha value is -9.26. The highest BCUT2D eigenvalue weighted by atomic mass is 16.3. The van der Waals surface area contributed by atoms with Crippen molar-refractivity contribution in [1.82, 2.24) is 26.2 Å². The number of benzene rings is 4. The number of hydrogen-bond donors (Lipinski definition) is 12. The van der Waals surface area contributed by atoms with Crippen LogP contribution in [0.2, 0.25) is 0 Å². The number of phenols is 1. The molecule has 0 spiro atoms. The van der Waals surface area contributed by atoms with Crippen LogP contribution in [0.4, 0.5) is 0 Å². The maximum Gasteiger partial charge on any atom is 0.243 e. The number of ketones is 3. The Bertz CT molecular complexity index is 3140. The van der Waals surface area contributed by atoms with Crippen molar-refractivity contribution in [2.45, 2.75) is 140 Å². The molecule has 480 valence electrons. The molecule has 1 fully saturated rings. The number of likely N-dealkylation sites (tertiary alicyclic amines) is 1. The number of phenolic OH excluding ortho intramolecular Hbond substituents is 1. The van der Waals surface area contributed by atoms with Crippen LogP contribution in [0.25, 0.3) is 10.8 Å². The summed E-state index contributed by atoms with van der Waals surface area (Å²) < 4.78 is 0. The second-order valence-corrected chi connectivity index (χ2v) is 23.2. The van der Waals surface area contributed by atoms with Crippen molar-refractivity contribution in [3.63, 3.8) is 0 Å². The number of guanidine groups is 2. The zero-order chi connectivity index (χ0) is 65.2. The number of amides is 7. The Labute approximate surface area is 518 Å². The van der Waals surface area contributed by atoms with Gasteiger partial charge in [0, 0.05) is 69.5 Å². The summed E-state index contributed by atoms with van der Waals surface area (Å²) in [6.07, 6.45) is -0.251. The summed E-state index contributed by atoms with van der Waals surface area (Å²) in [7, 11) is 0. The number of nitrogens with zero attached hydrogens (tertiary/aromatic N) is 3. The Balaban J connectivity index is 1.45. The number of hydrogen-bond acceptors (Lipinski definition) is 14. The highest BCUT2D eigenvalue weighted by Crippen LogP contribution is 2.28. The van der Waals surface area contributed by atoms with Crippen LogP contribution in [0.5, 0.6) is 5.75 Å². The minimum atomic E-state index is -1.49.